The summed E-state index contributed by atoms with van der Waals surface area (Å²) in [5.41, 5.74) is 7.84. The maximum absolute atomic E-state index is 7.17. The van der Waals surface area contributed by atoms with E-state index in [1.165, 1.54) is 16.0 Å². The Morgan fingerprint density at radius 3 is 1.48 bits per heavy atom. The maximum atomic E-state index is 7.17. The van der Waals surface area contributed by atoms with Gasteiger partial charge in [-0.1, -0.05) is 158 Å². The van der Waals surface area contributed by atoms with Crippen LogP contribution in [0.3, 0.4) is 0 Å². The highest BCUT2D eigenvalue weighted by molar-refractivity contribution is 7.98. The van der Waals surface area contributed by atoms with E-state index in [0.29, 0.717) is 33.0 Å². The molecule has 0 radical (unpaired) electrons. The van der Waals surface area contributed by atoms with Gasteiger partial charge in [0.2, 0.25) is 0 Å². The predicted molar refractivity (Wildman–Crippen MR) is 216 cm³/mol. The first-order valence-corrected chi connectivity index (χ1v) is 19.9. The summed E-state index contributed by atoms with van der Waals surface area (Å²) in [5, 5.41) is 0. The molecule has 5 unspecified atom stereocenters. The van der Waals surface area contributed by atoms with Gasteiger partial charge in [-0.05, 0) is 63.8 Å². The van der Waals surface area contributed by atoms with Crippen molar-refractivity contribution in [3.05, 3.63) is 209 Å². The zero-order valence-electron chi connectivity index (χ0n) is 30.7. The second-order valence-corrected chi connectivity index (χ2v) is 14.5. The lowest BCUT2D eigenvalue weighted by Gasteiger charge is -2.46. The Labute approximate surface area is 324 Å². The van der Waals surface area contributed by atoms with Gasteiger partial charge < -0.3 is 23.7 Å². The van der Waals surface area contributed by atoms with Crippen LogP contribution in [0.4, 0.5) is 0 Å². The van der Waals surface area contributed by atoms with Crippen molar-refractivity contribution in [2.45, 2.75) is 68.3 Å². The first kappa shape index (κ1) is 37.8. The van der Waals surface area contributed by atoms with E-state index >= 15 is 0 Å². The molecule has 6 aromatic carbocycles. The molecule has 0 saturated carbocycles. The molecule has 0 amide bonds. The lowest BCUT2D eigenvalue weighted by atomic mass is 9.89. The fourth-order valence-corrected chi connectivity index (χ4v) is 7.33. The molecule has 54 heavy (non-hydrogen) atoms. The third kappa shape index (κ3) is 10.6. The van der Waals surface area contributed by atoms with E-state index in [2.05, 4.69) is 103 Å². The fourth-order valence-electron chi connectivity index (χ4n) is 6.92. The smallest absolute Gasteiger partial charge is 0.117 e. The van der Waals surface area contributed by atoms with Crippen LogP contribution in [-0.2, 0) is 56.5 Å². The summed E-state index contributed by atoms with van der Waals surface area (Å²) in [6.45, 7) is 1.99. The van der Waals surface area contributed by atoms with Crippen molar-refractivity contribution in [2.75, 3.05) is 12.9 Å². The highest BCUT2D eigenvalue weighted by Crippen LogP contribution is 2.39. The maximum Gasteiger partial charge on any atom is 0.117 e. The van der Waals surface area contributed by atoms with Crippen molar-refractivity contribution in [2.24, 2.45) is 0 Å². The van der Waals surface area contributed by atoms with Crippen molar-refractivity contribution in [1.82, 2.24) is 0 Å². The molecule has 0 aliphatic carbocycles. The van der Waals surface area contributed by atoms with Crippen LogP contribution in [-0.4, -0.2) is 37.3 Å². The van der Waals surface area contributed by atoms with Gasteiger partial charge in [-0.15, -0.1) is 11.8 Å². The van der Waals surface area contributed by atoms with Gasteiger partial charge in [-0.3, -0.25) is 0 Å². The molecule has 0 spiro atoms. The van der Waals surface area contributed by atoms with Gasteiger partial charge in [0.25, 0.3) is 0 Å². The van der Waals surface area contributed by atoms with Crippen LogP contribution in [0, 0.1) is 0 Å². The standard InChI is InChI=1S/C48H48O5S/c1-54-43-27-25-36(26-28-43)29-41-23-14-24-42(30-41)45-47(51-33-39-19-10-4-11-20-39)48(52-34-40-21-12-5-13-22-40)46(50-32-38-17-8-3-9-18-38)44(53-45)35-49-31-37-15-6-2-7-16-37/h2-28,30,44-48H,29,31-35H2,1H3. The van der Waals surface area contributed by atoms with Crippen molar-refractivity contribution in [3.8, 4) is 0 Å². The molecule has 0 aromatic heterocycles. The Balaban J connectivity index is 1.24. The molecule has 1 fully saturated rings. The van der Waals surface area contributed by atoms with Crippen molar-refractivity contribution in [1.29, 1.82) is 0 Å². The van der Waals surface area contributed by atoms with Crippen LogP contribution in [0.15, 0.2) is 175 Å². The summed E-state index contributed by atoms with van der Waals surface area (Å²) in [6, 6.07) is 58.5. The Bertz CT molecular complexity index is 1960. The summed E-state index contributed by atoms with van der Waals surface area (Å²) in [4.78, 5) is 1.26. The van der Waals surface area contributed by atoms with Crippen molar-refractivity contribution >= 4 is 11.8 Å². The Kier molecular flexibility index (Phi) is 13.8. The Morgan fingerprint density at radius 1 is 0.463 bits per heavy atom. The van der Waals surface area contributed by atoms with Gasteiger partial charge in [0.1, 0.15) is 30.5 Å². The van der Waals surface area contributed by atoms with Gasteiger partial charge in [-0.25, -0.2) is 0 Å². The summed E-state index contributed by atoms with van der Waals surface area (Å²) >= 11 is 1.75. The number of hydrogen-bond donors (Lipinski definition) is 0. The second kappa shape index (κ2) is 19.7. The topological polar surface area (TPSA) is 46.2 Å². The minimum atomic E-state index is -0.490. The monoisotopic (exact) mass is 736 g/mol. The number of ether oxygens (including phenoxy) is 5. The van der Waals surface area contributed by atoms with E-state index in [0.717, 1.165) is 34.2 Å². The zero-order chi connectivity index (χ0) is 36.8. The van der Waals surface area contributed by atoms with E-state index < -0.39 is 30.5 Å². The van der Waals surface area contributed by atoms with Crippen LogP contribution < -0.4 is 0 Å². The van der Waals surface area contributed by atoms with Crippen LogP contribution >= 0.6 is 11.8 Å². The second-order valence-electron chi connectivity index (χ2n) is 13.6. The molecule has 6 aromatic rings. The Morgan fingerprint density at radius 2 is 0.944 bits per heavy atom. The summed E-state index contributed by atoms with van der Waals surface area (Å²) in [7, 11) is 0. The number of thioether (sulfide) groups is 1. The van der Waals surface area contributed by atoms with Gasteiger partial charge in [0, 0.05) is 4.90 Å². The number of rotatable bonds is 17. The molecule has 0 bridgehead atoms. The highest BCUT2D eigenvalue weighted by atomic mass is 32.2. The largest absolute Gasteiger partial charge is 0.374 e. The molecule has 1 aliphatic heterocycles. The average Bonchev–Trinajstić information content (AvgIpc) is 3.23. The van der Waals surface area contributed by atoms with Crippen molar-refractivity contribution < 1.29 is 23.7 Å². The third-order valence-electron chi connectivity index (χ3n) is 9.73. The van der Waals surface area contributed by atoms with Crippen LogP contribution in [0.25, 0.3) is 0 Å². The average molecular weight is 737 g/mol. The van der Waals surface area contributed by atoms with E-state index in [1.807, 2.05) is 72.8 Å². The fraction of sp³-hybridized carbons (Fsp3) is 0.250. The molecule has 1 aliphatic rings. The molecule has 6 heteroatoms. The predicted octanol–water partition coefficient (Wildman–Crippen LogP) is 10.4. The highest BCUT2D eigenvalue weighted by Gasteiger charge is 2.49. The first-order valence-electron chi connectivity index (χ1n) is 18.7. The van der Waals surface area contributed by atoms with E-state index in [1.54, 1.807) is 11.8 Å². The van der Waals surface area contributed by atoms with Gasteiger partial charge in [0.05, 0.1) is 33.0 Å². The molecular formula is C48H48O5S. The van der Waals surface area contributed by atoms with E-state index in [9.17, 15) is 0 Å². The molecule has 1 heterocycles. The number of hydrogen-bond acceptors (Lipinski definition) is 6. The molecule has 276 valence electrons. The molecule has 0 N–H and O–H groups in total. The quantitative estimate of drug-likeness (QED) is 0.0869. The van der Waals surface area contributed by atoms with Crippen LogP contribution in [0.2, 0.25) is 0 Å². The minimum absolute atomic E-state index is 0.322. The van der Waals surface area contributed by atoms with E-state index in [4.69, 9.17) is 23.7 Å². The zero-order valence-corrected chi connectivity index (χ0v) is 31.6. The lowest BCUT2D eigenvalue weighted by Crippen LogP contribution is -2.58. The van der Waals surface area contributed by atoms with Gasteiger partial charge in [-0.2, -0.15) is 0 Å². The van der Waals surface area contributed by atoms with Crippen LogP contribution in [0.5, 0.6) is 0 Å². The summed E-state index contributed by atoms with van der Waals surface area (Å²) in [5.74, 6) is 0. The van der Waals surface area contributed by atoms with Crippen molar-refractivity contribution in [3.63, 3.8) is 0 Å². The van der Waals surface area contributed by atoms with E-state index in [-0.39, 0.29) is 0 Å². The molecular weight excluding hydrogens is 689 g/mol. The summed E-state index contributed by atoms with van der Waals surface area (Å²) in [6.07, 6.45) is 0.566. The number of benzene rings is 6. The third-order valence-corrected chi connectivity index (χ3v) is 10.5. The molecule has 1 saturated heterocycles. The molecule has 5 nitrogen and oxygen atoms in total. The Hall–Kier alpha value is -4.53. The van der Waals surface area contributed by atoms with Gasteiger partial charge >= 0.3 is 0 Å². The van der Waals surface area contributed by atoms with Crippen LogP contribution in [0.1, 0.15) is 45.0 Å². The normalized spacial score (nSPS) is 19.8. The SMILES string of the molecule is CSc1ccc(Cc2cccc(C3OC(COCc4ccccc4)C(OCc4ccccc4)C(OCc4ccccc4)C3OCc3ccccc3)c2)cc1. The first-order chi connectivity index (χ1) is 26.7. The van der Waals surface area contributed by atoms with Gasteiger partial charge in [0.15, 0.2) is 0 Å². The minimum Gasteiger partial charge on any atom is -0.374 e. The molecule has 7 rings (SSSR count). The summed E-state index contributed by atoms with van der Waals surface area (Å²) < 4.78 is 34.4. The lowest BCUT2D eigenvalue weighted by molar-refractivity contribution is -0.275. The molecule has 5 atom stereocenters.